The molecule has 1 saturated heterocycles. The Morgan fingerprint density at radius 2 is 1.66 bits per heavy atom. The Balaban J connectivity index is 1.19. The number of nitrogens with one attached hydrogen (secondary N) is 2. The van der Waals surface area contributed by atoms with E-state index in [4.69, 9.17) is 5.73 Å². The minimum atomic E-state index is -0.567. The summed E-state index contributed by atoms with van der Waals surface area (Å²) in [6, 6.07) is 22.8. The Kier molecular flexibility index (Phi) is 6.83. The number of carbonyl (C=O) groups is 2. The van der Waals surface area contributed by atoms with Gasteiger partial charge >= 0.3 is 0 Å². The zero-order chi connectivity index (χ0) is 26.1. The highest BCUT2D eigenvalue weighted by Gasteiger charge is 2.43. The zero-order valence-electron chi connectivity index (χ0n) is 22.0. The number of amides is 2. The molecule has 6 rings (SSSR count). The third-order valence-corrected chi connectivity index (χ3v) is 9.16. The second kappa shape index (κ2) is 10.4. The number of rotatable bonds is 5. The number of hydrogen-bond donors (Lipinski definition) is 3. The molecule has 4 N–H and O–H groups in total. The fraction of sp³-hybridized carbons (Fsp3) is 0.438. The highest BCUT2D eigenvalue weighted by atomic mass is 16.2. The smallest absolute Gasteiger partial charge is 0.245 e. The van der Waals surface area contributed by atoms with E-state index in [1.165, 1.54) is 16.6 Å². The van der Waals surface area contributed by atoms with E-state index in [2.05, 4.69) is 65.2 Å². The number of benzene rings is 3. The Bertz CT molecular complexity index is 1320. The lowest BCUT2D eigenvalue weighted by molar-refractivity contribution is -0.139. The molecular formula is C32H38N4O2. The van der Waals surface area contributed by atoms with E-state index in [0.717, 1.165) is 56.0 Å². The summed E-state index contributed by atoms with van der Waals surface area (Å²) < 4.78 is 0. The first-order valence-corrected chi connectivity index (χ1v) is 14.2. The largest absolute Gasteiger partial charge is 0.384 e. The normalized spacial score (nSPS) is 23.0. The van der Waals surface area contributed by atoms with Crippen molar-refractivity contribution in [2.45, 2.75) is 62.4 Å². The van der Waals surface area contributed by atoms with Gasteiger partial charge in [-0.05, 0) is 66.5 Å². The molecular weight excluding hydrogens is 472 g/mol. The van der Waals surface area contributed by atoms with Gasteiger partial charge in [-0.1, -0.05) is 60.7 Å². The van der Waals surface area contributed by atoms with Crippen molar-refractivity contribution in [2.24, 2.45) is 11.7 Å². The quantitative estimate of drug-likeness (QED) is 0.476. The summed E-state index contributed by atoms with van der Waals surface area (Å²) in [7, 11) is 0. The fourth-order valence-corrected chi connectivity index (χ4v) is 6.75. The predicted octanol–water partition coefficient (Wildman–Crippen LogP) is 4.37. The molecule has 0 bridgehead atoms. The fourth-order valence-electron chi connectivity index (χ4n) is 6.75. The summed E-state index contributed by atoms with van der Waals surface area (Å²) >= 11 is 0. The lowest BCUT2D eigenvalue weighted by Crippen LogP contribution is -2.55. The monoisotopic (exact) mass is 510 g/mol. The highest BCUT2D eigenvalue weighted by Crippen LogP contribution is 2.43. The van der Waals surface area contributed by atoms with Crippen LogP contribution in [0.3, 0.4) is 0 Å². The lowest BCUT2D eigenvalue weighted by atomic mass is 9.74. The molecule has 2 aliphatic heterocycles. The summed E-state index contributed by atoms with van der Waals surface area (Å²) in [5.41, 5.74) is 9.83. The van der Waals surface area contributed by atoms with E-state index < -0.39 is 6.04 Å². The van der Waals surface area contributed by atoms with E-state index >= 15 is 0 Å². The minimum Gasteiger partial charge on any atom is -0.384 e. The molecule has 2 fully saturated rings. The molecule has 198 valence electrons. The number of carbonyl (C=O) groups excluding carboxylic acids is 2. The lowest BCUT2D eigenvalue weighted by Gasteiger charge is -2.40. The third-order valence-electron chi connectivity index (χ3n) is 9.16. The molecule has 6 nitrogen and oxygen atoms in total. The van der Waals surface area contributed by atoms with Crippen molar-refractivity contribution in [2.75, 3.05) is 25.0 Å². The first-order chi connectivity index (χ1) is 18.5. The summed E-state index contributed by atoms with van der Waals surface area (Å²) in [5.74, 6) is -0.0288. The van der Waals surface area contributed by atoms with Crippen molar-refractivity contribution < 1.29 is 9.59 Å². The van der Waals surface area contributed by atoms with Crippen LogP contribution in [-0.2, 0) is 21.4 Å². The highest BCUT2D eigenvalue weighted by molar-refractivity contribution is 5.89. The molecule has 38 heavy (non-hydrogen) atoms. The van der Waals surface area contributed by atoms with Gasteiger partial charge in [0.2, 0.25) is 11.8 Å². The summed E-state index contributed by atoms with van der Waals surface area (Å²) in [5, 5.41) is 9.08. The number of hydrogen-bond acceptors (Lipinski definition) is 4. The van der Waals surface area contributed by atoms with E-state index in [9.17, 15) is 9.59 Å². The van der Waals surface area contributed by atoms with Gasteiger partial charge in [0.25, 0.3) is 0 Å². The summed E-state index contributed by atoms with van der Waals surface area (Å²) in [6.45, 7) is 2.34. The molecule has 0 radical (unpaired) electrons. The predicted molar refractivity (Wildman–Crippen MR) is 152 cm³/mol. The molecule has 2 amide bonds. The van der Waals surface area contributed by atoms with Gasteiger partial charge in [-0.3, -0.25) is 9.59 Å². The van der Waals surface area contributed by atoms with Crippen LogP contribution in [0.15, 0.2) is 66.7 Å². The van der Waals surface area contributed by atoms with Crippen molar-refractivity contribution in [3.8, 4) is 0 Å². The van der Waals surface area contributed by atoms with E-state index in [1.807, 2.05) is 17.0 Å². The summed E-state index contributed by atoms with van der Waals surface area (Å²) in [4.78, 5) is 29.3. The number of nitrogens with zero attached hydrogens (tertiary/aromatic N) is 1. The molecule has 1 saturated carbocycles. The maximum absolute atomic E-state index is 14.0. The SMILES string of the molecule is NC1CCC(C(=O)NC(Cc2ccc3ccccc3c2)C(=O)N2CCC3(CC2)CNc2ccccc23)CC1. The van der Waals surface area contributed by atoms with Crippen LogP contribution in [0.25, 0.3) is 10.8 Å². The van der Waals surface area contributed by atoms with Gasteiger partial charge in [-0.25, -0.2) is 0 Å². The van der Waals surface area contributed by atoms with Gasteiger partial charge in [0.15, 0.2) is 0 Å². The second-order valence-corrected chi connectivity index (χ2v) is 11.6. The molecule has 2 heterocycles. The Morgan fingerprint density at radius 1 is 0.947 bits per heavy atom. The maximum Gasteiger partial charge on any atom is 0.245 e. The molecule has 1 spiro atoms. The van der Waals surface area contributed by atoms with Crippen molar-refractivity contribution in [3.05, 3.63) is 77.9 Å². The number of para-hydroxylation sites is 1. The van der Waals surface area contributed by atoms with Crippen molar-refractivity contribution in [3.63, 3.8) is 0 Å². The van der Waals surface area contributed by atoms with Crippen LogP contribution in [0.5, 0.6) is 0 Å². The standard InChI is InChI=1S/C32H38N4O2/c33-26-13-11-24(12-14-26)30(37)35-29(20-22-9-10-23-5-1-2-6-25(23)19-22)31(38)36-17-15-32(16-18-36)21-34-28-8-4-3-7-27(28)32/h1-10,19,24,26,29,34H,11-18,20-21,33H2,(H,35,37). The Hall–Kier alpha value is -3.38. The van der Waals surface area contributed by atoms with Crippen molar-refractivity contribution in [1.29, 1.82) is 0 Å². The van der Waals surface area contributed by atoms with Crippen molar-refractivity contribution in [1.82, 2.24) is 10.2 Å². The average Bonchev–Trinajstić information content (AvgIpc) is 3.31. The van der Waals surface area contributed by atoms with Crippen LogP contribution >= 0.6 is 0 Å². The van der Waals surface area contributed by atoms with Gasteiger partial charge in [-0.15, -0.1) is 0 Å². The number of likely N-dealkylation sites (tertiary alicyclic amines) is 1. The molecule has 1 unspecified atom stereocenters. The molecule has 1 aliphatic carbocycles. The second-order valence-electron chi connectivity index (χ2n) is 11.6. The number of fused-ring (bicyclic) bond motifs is 3. The van der Waals surface area contributed by atoms with Crippen LogP contribution in [0, 0.1) is 5.92 Å². The molecule has 0 aromatic heterocycles. The molecule has 3 aromatic carbocycles. The third kappa shape index (κ3) is 4.90. The van der Waals surface area contributed by atoms with Crippen LogP contribution < -0.4 is 16.4 Å². The Labute approximate surface area is 225 Å². The summed E-state index contributed by atoms with van der Waals surface area (Å²) in [6.07, 6.45) is 5.68. The zero-order valence-corrected chi connectivity index (χ0v) is 22.0. The number of piperidine rings is 1. The van der Waals surface area contributed by atoms with Gasteiger partial charge in [0.05, 0.1) is 0 Å². The van der Waals surface area contributed by atoms with Crippen molar-refractivity contribution >= 4 is 28.3 Å². The molecule has 6 heteroatoms. The maximum atomic E-state index is 14.0. The number of anilines is 1. The average molecular weight is 511 g/mol. The van der Waals surface area contributed by atoms with Gasteiger partial charge in [0, 0.05) is 49.1 Å². The molecule has 3 aliphatic rings. The van der Waals surface area contributed by atoms with Crippen LogP contribution in [-0.4, -0.2) is 48.4 Å². The van der Waals surface area contributed by atoms with Gasteiger partial charge < -0.3 is 21.3 Å². The van der Waals surface area contributed by atoms with Gasteiger partial charge in [0.1, 0.15) is 6.04 Å². The topological polar surface area (TPSA) is 87.5 Å². The first kappa shape index (κ1) is 24.9. The van der Waals surface area contributed by atoms with Crippen LogP contribution in [0.2, 0.25) is 0 Å². The Morgan fingerprint density at radius 3 is 2.45 bits per heavy atom. The van der Waals surface area contributed by atoms with E-state index in [1.54, 1.807) is 0 Å². The molecule has 3 aromatic rings. The van der Waals surface area contributed by atoms with E-state index in [0.29, 0.717) is 19.5 Å². The van der Waals surface area contributed by atoms with Gasteiger partial charge in [-0.2, -0.15) is 0 Å². The molecule has 1 atom stereocenters. The van der Waals surface area contributed by atoms with Crippen LogP contribution in [0.4, 0.5) is 5.69 Å². The van der Waals surface area contributed by atoms with E-state index in [-0.39, 0.29) is 29.2 Å². The number of nitrogens with two attached hydrogens (primary N) is 1. The first-order valence-electron chi connectivity index (χ1n) is 14.2. The minimum absolute atomic E-state index is 0.00145. The van der Waals surface area contributed by atoms with Crippen LogP contribution in [0.1, 0.15) is 49.7 Å².